The van der Waals surface area contributed by atoms with Crippen molar-refractivity contribution >= 4 is 11.7 Å². The van der Waals surface area contributed by atoms with Crippen molar-refractivity contribution in [2.24, 2.45) is 0 Å². The van der Waals surface area contributed by atoms with Crippen molar-refractivity contribution in [2.45, 2.75) is 0 Å². The molecule has 1 amide bonds. The summed E-state index contributed by atoms with van der Waals surface area (Å²) in [7, 11) is 0. The number of hydrogen-bond acceptors (Lipinski definition) is 3. The molecule has 1 aliphatic heterocycles. The van der Waals surface area contributed by atoms with Crippen LogP contribution in [-0.4, -0.2) is 54.2 Å². The molecule has 0 unspecified atom stereocenters. The number of carbonyl (C=O) groups excluding carboxylic acids is 2. The molecule has 124 valence electrons. The van der Waals surface area contributed by atoms with E-state index in [9.17, 15) is 14.0 Å². The van der Waals surface area contributed by atoms with E-state index < -0.39 is 5.82 Å². The number of ketones is 1. The minimum atomic E-state index is -0.409. The van der Waals surface area contributed by atoms with Crippen molar-refractivity contribution in [3.05, 3.63) is 71.5 Å². The largest absolute Gasteiger partial charge is 0.336 e. The van der Waals surface area contributed by atoms with Crippen LogP contribution in [0.5, 0.6) is 0 Å². The van der Waals surface area contributed by atoms with Crippen molar-refractivity contribution in [1.29, 1.82) is 0 Å². The highest BCUT2D eigenvalue weighted by Gasteiger charge is 2.23. The number of hydrogen-bond donors (Lipinski definition) is 0. The van der Waals surface area contributed by atoms with Crippen LogP contribution in [0.4, 0.5) is 4.39 Å². The monoisotopic (exact) mass is 326 g/mol. The van der Waals surface area contributed by atoms with Gasteiger partial charge in [-0.15, -0.1) is 0 Å². The second kappa shape index (κ2) is 7.36. The van der Waals surface area contributed by atoms with Gasteiger partial charge in [-0.2, -0.15) is 0 Å². The highest BCUT2D eigenvalue weighted by atomic mass is 19.1. The van der Waals surface area contributed by atoms with Crippen LogP contribution in [0.3, 0.4) is 0 Å². The van der Waals surface area contributed by atoms with Gasteiger partial charge >= 0.3 is 0 Å². The molecule has 0 spiro atoms. The number of nitrogens with zero attached hydrogens (tertiary/aromatic N) is 2. The van der Waals surface area contributed by atoms with E-state index in [4.69, 9.17) is 0 Å². The van der Waals surface area contributed by atoms with Crippen LogP contribution in [0.15, 0.2) is 54.6 Å². The van der Waals surface area contributed by atoms with E-state index in [0.29, 0.717) is 43.9 Å². The molecule has 0 aliphatic carbocycles. The van der Waals surface area contributed by atoms with Crippen LogP contribution in [-0.2, 0) is 0 Å². The number of piperazine rings is 1. The number of Topliss-reactive ketones (excluding diaryl/α,β-unsaturated/α-hetero) is 1. The maximum Gasteiger partial charge on any atom is 0.254 e. The lowest BCUT2D eigenvalue weighted by atomic mass is 10.1. The molecule has 1 heterocycles. The molecule has 1 saturated heterocycles. The van der Waals surface area contributed by atoms with E-state index in [1.165, 1.54) is 18.2 Å². The molecule has 2 aromatic rings. The van der Waals surface area contributed by atoms with Gasteiger partial charge in [0.05, 0.1) is 6.54 Å². The van der Waals surface area contributed by atoms with Crippen molar-refractivity contribution < 1.29 is 14.0 Å². The Kier molecular flexibility index (Phi) is 5.01. The van der Waals surface area contributed by atoms with Crippen molar-refractivity contribution in [3.63, 3.8) is 0 Å². The lowest BCUT2D eigenvalue weighted by Crippen LogP contribution is -2.49. The maximum absolute atomic E-state index is 13.2. The molecular formula is C19H19FN2O2. The molecule has 1 fully saturated rings. The minimum absolute atomic E-state index is 0.0838. The van der Waals surface area contributed by atoms with E-state index in [2.05, 4.69) is 0 Å². The van der Waals surface area contributed by atoms with Gasteiger partial charge < -0.3 is 4.90 Å². The Balaban J connectivity index is 1.54. The molecule has 0 aromatic heterocycles. The summed E-state index contributed by atoms with van der Waals surface area (Å²) in [5.74, 6) is -0.489. The number of amides is 1. The lowest BCUT2D eigenvalue weighted by Gasteiger charge is -2.34. The molecule has 5 heteroatoms. The zero-order valence-electron chi connectivity index (χ0n) is 13.3. The van der Waals surface area contributed by atoms with Crippen molar-refractivity contribution in [3.8, 4) is 0 Å². The van der Waals surface area contributed by atoms with Gasteiger partial charge in [0.25, 0.3) is 5.91 Å². The zero-order valence-corrected chi connectivity index (χ0v) is 13.3. The van der Waals surface area contributed by atoms with Gasteiger partial charge in [-0.25, -0.2) is 4.39 Å². The molecule has 4 nitrogen and oxygen atoms in total. The van der Waals surface area contributed by atoms with Crippen LogP contribution in [0.1, 0.15) is 20.7 Å². The Hall–Kier alpha value is -2.53. The van der Waals surface area contributed by atoms with Gasteiger partial charge in [0, 0.05) is 37.3 Å². The number of carbonyl (C=O) groups is 2. The summed E-state index contributed by atoms with van der Waals surface area (Å²) in [4.78, 5) is 28.4. The number of rotatable bonds is 4. The topological polar surface area (TPSA) is 40.6 Å². The fourth-order valence-electron chi connectivity index (χ4n) is 2.83. The first-order valence-corrected chi connectivity index (χ1v) is 7.99. The summed E-state index contributed by atoms with van der Waals surface area (Å²) in [6.45, 7) is 2.71. The van der Waals surface area contributed by atoms with Gasteiger partial charge in [0.2, 0.25) is 0 Å². The summed E-state index contributed by atoms with van der Waals surface area (Å²) in [6, 6.07) is 14.9. The van der Waals surface area contributed by atoms with Crippen LogP contribution < -0.4 is 0 Å². The molecule has 1 aliphatic rings. The van der Waals surface area contributed by atoms with Crippen LogP contribution >= 0.6 is 0 Å². The lowest BCUT2D eigenvalue weighted by molar-refractivity contribution is 0.0624. The van der Waals surface area contributed by atoms with Gasteiger partial charge in [-0.1, -0.05) is 36.4 Å². The fraction of sp³-hybridized carbons (Fsp3) is 0.263. The summed E-state index contributed by atoms with van der Waals surface area (Å²) < 4.78 is 13.2. The molecular weight excluding hydrogens is 307 g/mol. The molecule has 3 rings (SSSR count). The predicted octanol–water partition coefficient (Wildman–Crippen LogP) is 2.47. The van der Waals surface area contributed by atoms with Crippen LogP contribution in [0.25, 0.3) is 0 Å². The Morgan fingerprint density at radius 3 is 2.21 bits per heavy atom. The standard InChI is InChI=1S/C19H19FN2O2/c20-17-8-4-7-16(13-17)19(24)22-11-9-21(10-12-22)14-18(23)15-5-2-1-3-6-15/h1-8,13H,9-12,14H2. The van der Waals surface area contributed by atoms with Gasteiger partial charge in [-0.05, 0) is 18.2 Å². The van der Waals surface area contributed by atoms with Crippen LogP contribution in [0.2, 0.25) is 0 Å². The first-order valence-electron chi connectivity index (χ1n) is 7.99. The summed E-state index contributed by atoms with van der Waals surface area (Å²) in [5, 5.41) is 0. The second-order valence-electron chi connectivity index (χ2n) is 5.87. The quantitative estimate of drug-likeness (QED) is 0.811. The third-order valence-electron chi connectivity index (χ3n) is 4.19. The smallest absolute Gasteiger partial charge is 0.254 e. The van der Waals surface area contributed by atoms with E-state index >= 15 is 0 Å². The number of halogens is 1. The SMILES string of the molecule is O=C(CN1CCN(C(=O)c2cccc(F)c2)CC1)c1ccccc1. The number of benzene rings is 2. The molecule has 0 N–H and O–H groups in total. The maximum atomic E-state index is 13.2. The Morgan fingerprint density at radius 2 is 1.54 bits per heavy atom. The molecule has 0 saturated carbocycles. The Labute approximate surface area is 140 Å². The molecule has 0 bridgehead atoms. The average Bonchev–Trinajstić information content (AvgIpc) is 2.62. The van der Waals surface area contributed by atoms with E-state index in [0.717, 1.165) is 0 Å². The molecule has 0 atom stereocenters. The first kappa shape index (κ1) is 16.3. The van der Waals surface area contributed by atoms with Crippen LogP contribution in [0, 0.1) is 5.82 Å². The van der Waals surface area contributed by atoms with E-state index in [-0.39, 0.29) is 11.7 Å². The predicted molar refractivity (Wildman–Crippen MR) is 89.5 cm³/mol. The van der Waals surface area contributed by atoms with Gasteiger partial charge in [-0.3, -0.25) is 14.5 Å². The highest BCUT2D eigenvalue weighted by Crippen LogP contribution is 2.11. The zero-order chi connectivity index (χ0) is 16.9. The second-order valence-corrected chi connectivity index (χ2v) is 5.87. The third kappa shape index (κ3) is 3.86. The molecule has 24 heavy (non-hydrogen) atoms. The van der Waals surface area contributed by atoms with Crippen molar-refractivity contribution in [2.75, 3.05) is 32.7 Å². The Morgan fingerprint density at radius 1 is 0.875 bits per heavy atom. The van der Waals surface area contributed by atoms with E-state index in [1.807, 2.05) is 35.2 Å². The normalized spacial score (nSPS) is 15.3. The van der Waals surface area contributed by atoms with Gasteiger partial charge in [0.1, 0.15) is 5.82 Å². The summed E-state index contributed by atoms with van der Waals surface area (Å²) in [5.41, 5.74) is 1.07. The molecule has 2 aromatic carbocycles. The molecule has 0 radical (unpaired) electrons. The van der Waals surface area contributed by atoms with E-state index in [1.54, 1.807) is 11.0 Å². The summed E-state index contributed by atoms with van der Waals surface area (Å²) in [6.07, 6.45) is 0. The third-order valence-corrected chi connectivity index (χ3v) is 4.19. The fourth-order valence-corrected chi connectivity index (χ4v) is 2.83. The first-order chi connectivity index (χ1) is 11.6. The minimum Gasteiger partial charge on any atom is -0.336 e. The average molecular weight is 326 g/mol. The Bertz CT molecular complexity index is 725. The highest BCUT2D eigenvalue weighted by molar-refractivity contribution is 5.97. The summed E-state index contributed by atoms with van der Waals surface area (Å²) >= 11 is 0. The van der Waals surface area contributed by atoms with Crippen molar-refractivity contribution in [1.82, 2.24) is 9.80 Å². The van der Waals surface area contributed by atoms with Gasteiger partial charge in [0.15, 0.2) is 5.78 Å².